The van der Waals surface area contributed by atoms with Crippen molar-refractivity contribution in [2.24, 2.45) is 11.7 Å². The van der Waals surface area contributed by atoms with E-state index in [9.17, 15) is 4.79 Å². The highest BCUT2D eigenvalue weighted by molar-refractivity contribution is 5.68. The van der Waals surface area contributed by atoms with Crippen LogP contribution in [0.1, 0.15) is 52.4 Å². The molecule has 0 heterocycles. The number of likely N-dealkylation sites (N-methyl/N-ethyl adjacent to an activating group) is 1. The summed E-state index contributed by atoms with van der Waals surface area (Å²) in [4.78, 5) is 13.8. The zero-order valence-electron chi connectivity index (χ0n) is 12.1. The van der Waals surface area contributed by atoms with Crippen LogP contribution in [0.3, 0.4) is 0 Å². The van der Waals surface area contributed by atoms with E-state index in [0.29, 0.717) is 19.1 Å². The van der Waals surface area contributed by atoms with Gasteiger partial charge in [0.15, 0.2) is 0 Å². The van der Waals surface area contributed by atoms with Crippen LogP contribution in [0.5, 0.6) is 0 Å². The molecular weight excluding hydrogens is 228 g/mol. The molecule has 1 aliphatic carbocycles. The molecule has 0 bridgehead atoms. The maximum atomic E-state index is 12.1. The van der Waals surface area contributed by atoms with Crippen molar-refractivity contribution in [3.8, 4) is 0 Å². The summed E-state index contributed by atoms with van der Waals surface area (Å²) in [6.45, 7) is 5.08. The fraction of sp³-hybridized carbons (Fsp3) is 0.929. The molecule has 4 nitrogen and oxygen atoms in total. The standard InChI is InChI=1S/C14H28N2O2/c1-12(2)10-18-13(17)16(3)14(11-15)8-6-4-5-7-9-14/h12H,4-11,15H2,1-3H3. The van der Waals surface area contributed by atoms with Crippen molar-refractivity contribution in [1.82, 2.24) is 4.90 Å². The lowest BCUT2D eigenvalue weighted by atomic mass is 9.89. The second-order valence-corrected chi connectivity index (χ2v) is 5.87. The molecule has 0 radical (unpaired) electrons. The van der Waals surface area contributed by atoms with Gasteiger partial charge in [-0.2, -0.15) is 0 Å². The number of carbonyl (C=O) groups excluding carboxylic acids is 1. The highest BCUT2D eigenvalue weighted by Gasteiger charge is 2.37. The van der Waals surface area contributed by atoms with Crippen LogP contribution >= 0.6 is 0 Å². The summed E-state index contributed by atoms with van der Waals surface area (Å²) in [6, 6.07) is 0. The molecule has 0 aromatic rings. The lowest BCUT2D eigenvalue weighted by Crippen LogP contribution is -2.54. The van der Waals surface area contributed by atoms with Crippen LogP contribution in [0.4, 0.5) is 4.79 Å². The first-order valence-electron chi connectivity index (χ1n) is 7.12. The van der Waals surface area contributed by atoms with Crippen LogP contribution in [0.15, 0.2) is 0 Å². The number of hydrogen-bond acceptors (Lipinski definition) is 3. The molecule has 18 heavy (non-hydrogen) atoms. The minimum atomic E-state index is -0.226. The smallest absolute Gasteiger partial charge is 0.410 e. The molecule has 1 rings (SSSR count). The molecule has 0 atom stereocenters. The number of rotatable bonds is 4. The molecule has 2 N–H and O–H groups in total. The van der Waals surface area contributed by atoms with Crippen molar-refractivity contribution in [3.63, 3.8) is 0 Å². The topological polar surface area (TPSA) is 55.6 Å². The predicted octanol–water partition coefficient (Wildman–Crippen LogP) is 2.76. The summed E-state index contributed by atoms with van der Waals surface area (Å²) < 4.78 is 5.32. The van der Waals surface area contributed by atoms with E-state index in [1.165, 1.54) is 12.8 Å². The van der Waals surface area contributed by atoms with E-state index in [4.69, 9.17) is 10.5 Å². The third-order valence-electron chi connectivity index (χ3n) is 3.94. The number of nitrogens with two attached hydrogens (primary N) is 1. The van der Waals surface area contributed by atoms with Crippen molar-refractivity contribution in [3.05, 3.63) is 0 Å². The van der Waals surface area contributed by atoms with Crippen molar-refractivity contribution in [2.75, 3.05) is 20.2 Å². The third-order valence-corrected chi connectivity index (χ3v) is 3.94. The van der Waals surface area contributed by atoms with E-state index in [2.05, 4.69) is 0 Å². The molecule has 4 heteroatoms. The van der Waals surface area contributed by atoms with Gasteiger partial charge in [-0.05, 0) is 18.8 Å². The molecule has 1 aliphatic rings. The second-order valence-electron chi connectivity index (χ2n) is 5.87. The number of nitrogens with zero attached hydrogens (tertiary/aromatic N) is 1. The number of hydrogen-bond donors (Lipinski definition) is 1. The third kappa shape index (κ3) is 3.87. The minimum Gasteiger partial charge on any atom is -0.449 e. The normalized spacial score (nSPS) is 19.4. The quantitative estimate of drug-likeness (QED) is 0.787. The van der Waals surface area contributed by atoms with Crippen molar-refractivity contribution >= 4 is 6.09 Å². The van der Waals surface area contributed by atoms with Crippen LogP contribution in [-0.4, -0.2) is 36.7 Å². The van der Waals surface area contributed by atoms with E-state index in [1.807, 2.05) is 20.9 Å². The first-order chi connectivity index (χ1) is 8.52. The van der Waals surface area contributed by atoms with E-state index in [1.54, 1.807) is 4.90 Å². The van der Waals surface area contributed by atoms with Crippen LogP contribution in [0.2, 0.25) is 0 Å². The SMILES string of the molecule is CC(C)COC(=O)N(C)C1(CN)CCCCCC1. The minimum absolute atomic E-state index is 0.190. The average Bonchev–Trinajstić information content (AvgIpc) is 2.61. The molecule has 0 spiro atoms. The van der Waals surface area contributed by atoms with Gasteiger partial charge in [0.2, 0.25) is 0 Å². The van der Waals surface area contributed by atoms with Gasteiger partial charge < -0.3 is 15.4 Å². The first kappa shape index (κ1) is 15.3. The maximum absolute atomic E-state index is 12.1. The largest absolute Gasteiger partial charge is 0.449 e. The maximum Gasteiger partial charge on any atom is 0.410 e. The van der Waals surface area contributed by atoms with Crippen LogP contribution in [-0.2, 0) is 4.74 Å². The van der Waals surface area contributed by atoms with E-state index < -0.39 is 0 Å². The highest BCUT2D eigenvalue weighted by Crippen LogP contribution is 2.31. The van der Waals surface area contributed by atoms with Gasteiger partial charge in [-0.3, -0.25) is 0 Å². The van der Waals surface area contributed by atoms with Crippen molar-refractivity contribution in [1.29, 1.82) is 0 Å². The van der Waals surface area contributed by atoms with E-state index in [0.717, 1.165) is 25.7 Å². The fourth-order valence-corrected chi connectivity index (χ4v) is 2.59. The van der Waals surface area contributed by atoms with Gasteiger partial charge in [0.25, 0.3) is 0 Å². The predicted molar refractivity (Wildman–Crippen MR) is 73.4 cm³/mol. The van der Waals surface area contributed by atoms with Crippen LogP contribution in [0.25, 0.3) is 0 Å². The molecule has 0 aromatic heterocycles. The van der Waals surface area contributed by atoms with Crippen molar-refractivity contribution in [2.45, 2.75) is 57.9 Å². The second kappa shape index (κ2) is 6.98. The van der Waals surface area contributed by atoms with Gasteiger partial charge in [-0.1, -0.05) is 39.5 Å². The molecule has 1 fully saturated rings. The van der Waals surface area contributed by atoms with Crippen molar-refractivity contribution < 1.29 is 9.53 Å². The molecule has 0 aliphatic heterocycles. The number of amides is 1. The Morgan fingerprint density at radius 1 is 1.28 bits per heavy atom. The Balaban J connectivity index is 2.64. The summed E-state index contributed by atoms with van der Waals surface area (Å²) in [5, 5.41) is 0. The monoisotopic (exact) mass is 256 g/mol. The molecule has 0 aromatic carbocycles. The fourth-order valence-electron chi connectivity index (χ4n) is 2.59. The Bertz CT molecular complexity index is 259. The number of carbonyl (C=O) groups is 1. The number of ether oxygens (including phenoxy) is 1. The Labute approximate surface area is 111 Å². The van der Waals surface area contributed by atoms with Crippen LogP contribution < -0.4 is 5.73 Å². The Hall–Kier alpha value is -0.770. The summed E-state index contributed by atoms with van der Waals surface area (Å²) in [5.41, 5.74) is 5.76. The summed E-state index contributed by atoms with van der Waals surface area (Å²) in [5.74, 6) is 0.366. The van der Waals surface area contributed by atoms with E-state index >= 15 is 0 Å². The summed E-state index contributed by atoms with van der Waals surface area (Å²) >= 11 is 0. The lowest BCUT2D eigenvalue weighted by Gasteiger charge is -2.40. The van der Waals surface area contributed by atoms with Gasteiger partial charge in [0.05, 0.1) is 12.1 Å². The molecule has 0 unspecified atom stereocenters. The highest BCUT2D eigenvalue weighted by atomic mass is 16.6. The van der Waals surface area contributed by atoms with Gasteiger partial charge in [-0.25, -0.2) is 4.79 Å². The van der Waals surface area contributed by atoms with Crippen LogP contribution in [0, 0.1) is 5.92 Å². The van der Waals surface area contributed by atoms with Gasteiger partial charge in [-0.15, -0.1) is 0 Å². The Morgan fingerprint density at radius 3 is 2.28 bits per heavy atom. The van der Waals surface area contributed by atoms with Gasteiger partial charge >= 0.3 is 6.09 Å². The van der Waals surface area contributed by atoms with Gasteiger partial charge in [0, 0.05) is 13.6 Å². The summed E-state index contributed by atoms with van der Waals surface area (Å²) in [6.07, 6.45) is 6.56. The molecule has 106 valence electrons. The lowest BCUT2D eigenvalue weighted by molar-refractivity contribution is 0.0526. The first-order valence-corrected chi connectivity index (χ1v) is 7.12. The van der Waals surface area contributed by atoms with Gasteiger partial charge in [0.1, 0.15) is 0 Å². The molecule has 0 saturated heterocycles. The average molecular weight is 256 g/mol. The molecule has 1 saturated carbocycles. The summed E-state index contributed by atoms with van der Waals surface area (Å²) in [7, 11) is 1.83. The Morgan fingerprint density at radius 2 is 1.83 bits per heavy atom. The molecular formula is C14H28N2O2. The van der Waals surface area contributed by atoms with E-state index in [-0.39, 0.29) is 11.6 Å². The zero-order valence-corrected chi connectivity index (χ0v) is 12.1. The zero-order chi connectivity index (χ0) is 13.6. The molecule has 1 amide bonds. The Kier molecular flexibility index (Phi) is 5.93.